The van der Waals surface area contributed by atoms with Crippen molar-refractivity contribution in [3.05, 3.63) is 106 Å². The van der Waals surface area contributed by atoms with Crippen LogP contribution in [0.3, 0.4) is 0 Å². The van der Waals surface area contributed by atoms with Crippen molar-refractivity contribution in [3.8, 4) is 16.2 Å². The maximum Gasteiger partial charge on any atom is 0.260 e. The first kappa shape index (κ1) is 54.0. The first-order chi connectivity index (χ1) is 35.6. The number of benzene rings is 3. The fourth-order valence-corrected chi connectivity index (χ4v) is 12.6. The summed E-state index contributed by atoms with van der Waals surface area (Å²) in [6.07, 6.45) is 2.96. The lowest BCUT2D eigenvalue weighted by Crippen LogP contribution is -2.59. The standard InChI is InChI=1S/C57H71F3N8O6S/c1-34-24-41-40-10-8-9-11-44(40)63-49(41)50(68(34)32-56(6,7)60)48-42(58)26-39(27-43(48)59)74-31-47(71)66-22-18-57(19-23-66)16-20-65(21-17-57)30-46(70)64-52(55(3,4)5)54(73)67-29-38(69)25-45(67)53(72)61-28-36-12-14-37(15-13-36)51-35(2)62-33-75-51/h8-15,26-27,33-34,38,45,50,52,63,69H,16-25,28-32H2,1-7H3,(H,61,72)(H,64,70)/t34-,38-,45+,50?,52-/m1/s1. The summed E-state index contributed by atoms with van der Waals surface area (Å²) in [6.45, 7) is 14.6. The number of piperidine rings is 2. The summed E-state index contributed by atoms with van der Waals surface area (Å²) in [5.74, 6) is -3.17. The summed E-state index contributed by atoms with van der Waals surface area (Å²) in [6, 6.07) is 14.8. The molecule has 9 rings (SSSR count). The number of alkyl halides is 1. The largest absolute Gasteiger partial charge is 0.484 e. The van der Waals surface area contributed by atoms with Crippen molar-refractivity contribution >= 4 is 45.9 Å². The van der Waals surface area contributed by atoms with Gasteiger partial charge >= 0.3 is 0 Å². The number of para-hydroxylation sites is 1. The van der Waals surface area contributed by atoms with E-state index in [9.17, 15) is 24.3 Å². The summed E-state index contributed by atoms with van der Waals surface area (Å²) < 4.78 is 53.6. The lowest BCUT2D eigenvalue weighted by molar-refractivity contribution is -0.144. The number of likely N-dealkylation sites (tertiary alicyclic amines) is 3. The first-order valence-corrected chi connectivity index (χ1v) is 27.2. The molecule has 14 nitrogen and oxygen atoms in total. The Labute approximate surface area is 441 Å². The molecule has 0 saturated carbocycles. The smallest absolute Gasteiger partial charge is 0.260 e. The van der Waals surface area contributed by atoms with Crippen LogP contribution in [0.25, 0.3) is 21.3 Å². The topological polar surface area (TPSA) is 163 Å². The predicted molar refractivity (Wildman–Crippen MR) is 283 cm³/mol. The average Bonchev–Trinajstić information content (AvgIpc) is 4.09. The Hall–Kier alpha value is -5.82. The number of nitrogens with zero attached hydrogens (tertiary/aromatic N) is 5. The zero-order chi connectivity index (χ0) is 53.6. The highest BCUT2D eigenvalue weighted by molar-refractivity contribution is 7.13. The molecule has 18 heteroatoms. The number of aryl methyl sites for hydroxylation is 1. The molecule has 1 unspecified atom stereocenters. The zero-order valence-corrected chi connectivity index (χ0v) is 44.9. The van der Waals surface area contributed by atoms with Crippen molar-refractivity contribution in [3.63, 3.8) is 0 Å². The third kappa shape index (κ3) is 11.9. The number of ether oxygens (including phenoxy) is 1. The van der Waals surface area contributed by atoms with E-state index in [2.05, 4.69) is 25.5 Å². The second-order valence-corrected chi connectivity index (χ2v) is 24.0. The number of hydrogen-bond acceptors (Lipinski definition) is 10. The summed E-state index contributed by atoms with van der Waals surface area (Å²) in [5, 5.41) is 17.6. The average molecular weight is 1050 g/mol. The zero-order valence-electron chi connectivity index (χ0n) is 44.1. The van der Waals surface area contributed by atoms with Crippen molar-refractivity contribution in [1.82, 2.24) is 40.2 Å². The third-order valence-corrected chi connectivity index (χ3v) is 16.9. The molecule has 2 aromatic heterocycles. The van der Waals surface area contributed by atoms with E-state index >= 15 is 13.2 Å². The lowest BCUT2D eigenvalue weighted by atomic mass is 9.71. The molecular weight excluding hydrogens is 982 g/mol. The highest BCUT2D eigenvalue weighted by Crippen LogP contribution is 2.45. The molecular formula is C57H71F3N8O6S. The molecule has 402 valence electrons. The lowest BCUT2D eigenvalue weighted by Gasteiger charge is -2.46. The molecule has 4 N–H and O–H groups in total. The number of aliphatic hydroxyl groups excluding tert-OH is 1. The number of H-pyrrole nitrogens is 1. The number of β-amino-alcohol motifs (C(OH)–C–C–N with tert-alkyl or cyclic N) is 1. The SMILES string of the molecule is Cc1ncsc1-c1ccc(CNC(=O)[C@@H]2C[C@@H](O)CN2C(=O)[C@@H](NC(=O)CN2CCC3(CC2)CCN(C(=O)COc2cc(F)c(C4c5[nH]c6ccccc6c5C[C@@H](C)N4CC(C)(C)F)c(F)c2)CC3)C(C)(C)C)cc1. The minimum absolute atomic E-state index is 0.0140. The highest BCUT2D eigenvalue weighted by Gasteiger charge is 2.46. The van der Waals surface area contributed by atoms with E-state index in [1.165, 1.54) is 18.7 Å². The molecule has 5 aromatic rings. The number of hydrogen-bond donors (Lipinski definition) is 4. The number of fused-ring (bicyclic) bond motifs is 3. The number of aromatic amines is 1. The molecule has 0 bridgehead atoms. The third-order valence-electron chi connectivity index (χ3n) is 15.9. The van der Waals surface area contributed by atoms with E-state index < -0.39 is 59.5 Å². The second kappa shape index (κ2) is 21.7. The van der Waals surface area contributed by atoms with Crippen molar-refractivity contribution in [2.45, 2.75) is 129 Å². The molecule has 0 radical (unpaired) electrons. The number of amides is 4. The molecule has 6 heterocycles. The Bertz CT molecular complexity index is 2870. The number of thiazole rings is 1. The number of halogens is 3. The number of carbonyl (C=O) groups is 4. The number of aromatic nitrogens is 2. The summed E-state index contributed by atoms with van der Waals surface area (Å²) in [5.41, 5.74) is 4.57. The van der Waals surface area contributed by atoms with E-state index in [1.807, 2.05) is 93.6 Å². The molecule has 5 atom stereocenters. The van der Waals surface area contributed by atoms with E-state index in [-0.39, 0.29) is 73.1 Å². The summed E-state index contributed by atoms with van der Waals surface area (Å²) >= 11 is 1.57. The Kier molecular flexibility index (Phi) is 15.6. The minimum atomic E-state index is -1.63. The van der Waals surface area contributed by atoms with E-state index in [4.69, 9.17) is 4.74 Å². The van der Waals surface area contributed by atoms with Gasteiger partial charge in [0.05, 0.1) is 34.8 Å². The van der Waals surface area contributed by atoms with E-state index in [0.29, 0.717) is 38.3 Å². The van der Waals surface area contributed by atoms with Crippen LogP contribution in [0.2, 0.25) is 0 Å². The van der Waals surface area contributed by atoms with Crippen LogP contribution >= 0.6 is 11.3 Å². The van der Waals surface area contributed by atoms with Gasteiger partial charge < -0.3 is 35.3 Å². The van der Waals surface area contributed by atoms with Crippen LogP contribution in [0, 0.1) is 29.4 Å². The molecule has 4 amide bonds. The highest BCUT2D eigenvalue weighted by atomic mass is 32.1. The minimum Gasteiger partial charge on any atom is -0.484 e. The quantitative estimate of drug-likeness (QED) is 0.0868. The van der Waals surface area contributed by atoms with Gasteiger partial charge in [-0.2, -0.15) is 0 Å². The molecule has 4 aliphatic rings. The van der Waals surface area contributed by atoms with Gasteiger partial charge in [0.15, 0.2) is 6.61 Å². The number of rotatable bonds is 14. The monoisotopic (exact) mass is 1050 g/mol. The van der Waals surface area contributed by atoms with Gasteiger partial charge in [0.25, 0.3) is 5.91 Å². The van der Waals surface area contributed by atoms with Crippen LogP contribution < -0.4 is 15.4 Å². The maximum absolute atomic E-state index is 16.3. The summed E-state index contributed by atoms with van der Waals surface area (Å²) in [4.78, 5) is 70.8. The van der Waals surface area contributed by atoms with E-state index in [1.54, 1.807) is 16.2 Å². The molecule has 4 aliphatic heterocycles. The first-order valence-electron chi connectivity index (χ1n) is 26.3. The van der Waals surface area contributed by atoms with Gasteiger partial charge in [-0.25, -0.2) is 18.2 Å². The van der Waals surface area contributed by atoms with Crippen LogP contribution in [0.15, 0.2) is 66.2 Å². The normalized spacial score (nSPS) is 21.8. The van der Waals surface area contributed by atoms with Gasteiger partial charge in [0.1, 0.15) is 35.1 Å². The fraction of sp³-hybridized carbons (Fsp3) is 0.526. The molecule has 75 heavy (non-hydrogen) atoms. The van der Waals surface area contributed by atoms with Crippen LogP contribution in [-0.4, -0.2) is 141 Å². The van der Waals surface area contributed by atoms with Crippen molar-refractivity contribution in [2.75, 3.05) is 52.4 Å². The van der Waals surface area contributed by atoms with Crippen LogP contribution in [-0.2, 0) is 32.1 Å². The second-order valence-electron chi connectivity index (χ2n) is 23.1. The molecule has 3 aromatic carbocycles. The van der Waals surface area contributed by atoms with Crippen LogP contribution in [0.1, 0.15) is 108 Å². The van der Waals surface area contributed by atoms with Crippen LogP contribution in [0.4, 0.5) is 13.2 Å². The number of nitrogens with one attached hydrogen (secondary N) is 3. The van der Waals surface area contributed by atoms with Gasteiger partial charge in [0.2, 0.25) is 17.7 Å². The Morgan fingerprint density at radius 1 is 0.960 bits per heavy atom. The Balaban J connectivity index is 0.749. The van der Waals surface area contributed by atoms with Gasteiger partial charge in [-0.15, -0.1) is 11.3 Å². The molecule has 3 fully saturated rings. The molecule has 1 spiro atoms. The maximum atomic E-state index is 16.3. The van der Waals surface area contributed by atoms with E-state index in [0.717, 1.165) is 76.0 Å². The predicted octanol–water partition coefficient (Wildman–Crippen LogP) is 7.85. The molecule has 3 saturated heterocycles. The van der Waals surface area contributed by atoms with Gasteiger partial charge in [-0.05, 0) is 106 Å². The fourth-order valence-electron chi connectivity index (χ4n) is 11.7. The number of aliphatic hydroxyl groups is 1. The Morgan fingerprint density at radius 2 is 1.63 bits per heavy atom. The van der Waals surface area contributed by atoms with Crippen molar-refractivity contribution in [1.29, 1.82) is 0 Å². The van der Waals surface area contributed by atoms with Gasteiger partial charge in [0, 0.05) is 79.5 Å². The van der Waals surface area contributed by atoms with Crippen LogP contribution in [0.5, 0.6) is 5.75 Å². The van der Waals surface area contributed by atoms with Crippen molar-refractivity contribution in [2.24, 2.45) is 10.8 Å². The van der Waals surface area contributed by atoms with Crippen molar-refractivity contribution < 1.29 is 42.2 Å². The number of carbonyl (C=O) groups excluding carboxylic acids is 4. The molecule has 0 aliphatic carbocycles. The van der Waals surface area contributed by atoms with Gasteiger partial charge in [-0.3, -0.25) is 29.0 Å². The Morgan fingerprint density at radius 3 is 2.27 bits per heavy atom. The summed E-state index contributed by atoms with van der Waals surface area (Å²) in [7, 11) is 0. The van der Waals surface area contributed by atoms with Gasteiger partial charge in [-0.1, -0.05) is 63.2 Å².